The SMILES string of the molecule is Cc1ncncc1-c1nnc(-c2cccnc2)o1. The third-order valence-electron chi connectivity index (χ3n) is 2.48. The van der Waals surface area contributed by atoms with Crippen molar-refractivity contribution in [3.05, 3.63) is 42.7 Å². The Morgan fingerprint density at radius 1 is 1.06 bits per heavy atom. The zero-order valence-corrected chi connectivity index (χ0v) is 9.61. The first kappa shape index (κ1) is 10.5. The zero-order chi connectivity index (χ0) is 12.4. The number of aromatic nitrogens is 5. The summed E-state index contributed by atoms with van der Waals surface area (Å²) < 4.78 is 5.59. The fraction of sp³-hybridized carbons (Fsp3) is 0.0833. The number of hydrogen-bond acceptors (Lipinski definition) is 6. The second-order valence-electron chi connectivity index (χ2n) is 3.68. The van der Waals surface area contributed by atoms with Crippen LogP contribution in [0.3, 0.4) is 0 Å². The van der Waals surface area contributed by atoms with E-state index in [0.29, 0.717) is 11.8 Å². The molecule has 18 heavy (non-hydrogen) atoms. The summed E-state index contributed by atoms with van der Waals surface area (Å²) in [6, 6.07) is 3.68. The Balaban J connectivity index is 2.03. The Morgan fingerprint density at radius 2 is 1.94 bits per heavy atom. The van der Waals surface area contributed by atoms with Gasteiger partial charge in [0.1, 0.15) is 6.33 Å². The van der Waals surface area contributed by atoms with Crippen molar-refractivity contribution in [2.75, 3.05) is 0 Å². The molecular weight excluding hydrogens is 230 g/mol. The molecule has 0 unspecified atom stereocenters. The molecule has 0 spiro atoms. The maximum Gasteiger partial charge on any atom is 0.251 e. The molecular formula is C12H9N5O. The average Bonchev–Trinajstić information content (AvgIpc) is 2.90. The second kappa shape index (κ2) is 4.33. The van der Waals surface area contributed by atoms with Crippen LogP contribution in [0.4, 0.5) is 0 Å². The molecule has 0 radical (unpaired) electrons. The topological polar surface area (TPSA) is 77.6 Å². The summed E-state index contributed by atoms with van der Waals surface area (Å²) in [5.41, 5.74) is 2.32. The van der Waals surface area contributed by atoms with Crippen LogP contribution in [0.5, 0.6) is 0 Å². The fourth-order valence-corrected chi connectivity index (χ4v) is 1.54. The van der Waals surface area contributed by atoms with Gasteiger partial charge in [0.15, 0.2) is 0 Å². The summed E-state index contributed by atoms with van der Waals surface area (Å²) in [5, 5.41) is 7.99. The Hall–Kier alpha value is -2.63. The minimum absolute atomic E-state index is 0.409. The van der Waals surface area contributed by atoms with Crippen molar-refractivity contribution in [1.82, 2.24) is 25.1 Å². The van der Waals surface area contributed by atoms with Crippen LogP contribution in [0.2, 0.25) is 0 Å². The molecule has 3 heterocycles. The monoisotopic (exact) mass is 239 g/mol. The lowest BCUT2D eigenvalue weighted by atomic mass is 10.2. The van der Waals surface area contributed by atoms with Gasteiger partial charge < -0.3 is 4.42 Å². The first-order valence-electron chi connectivity index (χ1n) is 5.35. The van der Waals surface area contributed by atoms with Gasteiger partial charge in [-0.1, -0.05) is 0 Å². The summed E-state index contributed by atoms with van der Waals surface area (Å²) in [4.78, 5) is 12.0. The fourth-order valence-electron chi connectivity index (χ4n) is 1.54. The molecule has 0 amide bonds. The van der Waals surface area contributed by atoms with E-state index in [1.165, 1.54) is 6.33 Å². The Morgan fingerprint density at radius 3 is 2.72 bits per heavy atom. The van der Waals surface area contributed by atoms with E-state index in [-0.39, 0.29) is 0 Å². The standard InChI is InChI=1S/C12H9N5O/c1-8-10(6-14-7-15-8)12-17-16-11(18-12)9-3-2-4-13-5-9/h2-7H,1H3. The van der Waals surface area contributed by atoms with E-state index in [4.69, 9.17) is 4.42 Å². The lowest BCUT2D eigenvalue weighted by Crippen LogP contribution is -1.88. The van der Waals surface area contributed by atoms with Gasteiger partial charge in [0, 0.05) is 18.6 Å². The van der Waals surface area contributed by atoms with Crippen LogP contribution in [0.25, 0.3) is 22.9 Å². The van der Waals surface area contributed by atoms with E-state index in [1.54, 1.807) is 18.6 Å². The molecule has 0 atom stereocenters. The largest absolute Gasteiger partial charge is 0.416 e. The first-order chi connectivity index (χ1) is 8.84. The van der Waals surface area contributed by atoms with Crippen molar-refractivity contribution < 1.29 is 4.42 Å². The van der Waals surface area contributed by atoms with E-state index in [2.05, 4.69) is 25.1 Å². The van der Waals surface area contributed by atoms with Crippen molar-refractivity contribution in [3.63, 3.8) is 0 Å². The molecule has 3 rings (SSSR count). The van der Waals surface area contributed by atoms with Crippen molar-refractivity contribution in [1.29, 1.82) is 0 Å². The molecule has 0 saturated carbocycles. The minimum atomic E-state index is 0.409. The third kappa shape index (κ3) is 1.84. The van der Waals surface area contributed by atoms with Gasteiger partial charge in [-0.2, -0.15) is 0 Å². The van der Waals surface area contributed by atoms with Crippen molar-refractivity contribution >= 4 is 0 Å². The average molecular weight is 239 g/mol. The van der Waals surface area contributed by atoms with Crippen LogP contribution in [0, 0.1) is 6.92 Å². The molecule has 0 aliphatic rings. The van der Waals surface area contributed by atoms with E-state index in [9.17, 15) is 0 Å². The van der Waals surface area contributed by atoms with Gasteiger partial charge in [-0.15, -0.1) is 10.2 Å². The maximum absolute atomic E-state index is 5.59. The van der Waals surface area contributed by atoms with Crippen molar-refractivity contribution in [2.45, 2.75) is 6.92 Å². The Labute approximate surface area is 103 Å². The zero-order valence-electron chi connectivity index (χ0n) is 9.61. The van der Waals surface area contributed by atoms with Crippen LogP contribution in [0.1, 0.15) is 5.69 Å². The first-order valence-corrected chi connectivity index (χ1v) is 5.35. The molecule has 6 heteroatoms. The second-order valence-corrected chi connectivity index (χ2v) is 3.68. The summed E-state index contributed by atoms with van der Waals surface area (Å²) in [6.07, 6.45) is 6.50. The van der Waals surface area contributed by atoms with E-state index < -0.39 is 0 Å². The van der Waals surface area contributed by atoms with Gasteiger partial charge >= 0.3 is 0 Å². The van der Waals surface area contributed by atoms with Crippen LogP contribution < -0.4 is 0 Å². The molecule has 3 aromatic heterocycles. The molecule has 0 fully saturated rings. The molecule has 3 aromatic rings. The predicted octanol–water partition coefficient (Wildman–Crippen LogP) is 1.90. The normalized spacial score (nSPS) is 10.5. The smallest absolute Gasteiger partial charge is 0.251 e. The molecule has 0 aliphatic heterocycles. The van der Waals surface area contributed by atoms with Crippen molar-refractivity contribution in [2.24, 2.45) is 0 Å². The lowest BCUT2D eigenvalue weighted by Gasteiger charge is -1.97. The van der Waals surface area contributed by atoms with E-state index in [1.807, 2.05) is 19.1 Å². The number of aryl methyl sites for hydroxylation is 1. The number of rotatable bonds is 2. The van der Waals surface area contributed by atoms with Crippen LogP contribution in [-0.2, 0) is 0 Å². The number of hydrogen-bond donors (Lipinski definition) is 0. The van der Waals surface area contributed by atoms with Crippen molar-refractivity contribution in [3.8, 4) is 22.9 Å². The summed E-state index contributed by atoms with van der Waals surface area (Å²) in [7, 11) is 0. The van der Waals surface area contributed by atoms with Gasteiger partial charge in [-0.25, -0.2) is 9.97 Å². The molecule has 0 N–H and O–H groups in total. The molecule has 0 aliphatic carbocycles. The molecule has 6 nitrogen and oxygen atoms in total. The molecule has 88 valence electrons. The summed E-state index contributed by atoms with van der Waals surface area (Å²) >= 11 is 0. The van der Waals surface area contributed by atoms with Gasteiger partial charge in [0.2, 0.25) is 5.89 Å². The quantitative estimate of drug-likeness (QED) is 0.679. The van der Waals surface area contributed by atoms with E-state index >= 15 is 0 Å². The van der Waals surface area contributed by atoms with Gasteiger partial charge in [0.05, 0.1) is 16.8 Å². The van der Waals surface area contributed by atoms with Gasteiger partial charge in [0.25, 0.3) is 5.89 Å². The van der Waals surface area contributed by atoms with Gasteiger partial charge in [-0.3, -0.25) is 4.98 Å². The minimum Gasteiger partial charge on any atom is -0.416 e. The molecule has 0 bridgehead atoms. The van der Waals surface area contributed by atoms with Crippen LogP contribution in [0.15, 0.2) is 41.5 Å². The number of nitrogens with zero attached hydrogens (tertiary/aromatic N) is 5. The molecule has 0 saturated heterocycles. The Kier molecular flexibility index (Phi) is 2.53. The highest BCUT2D eigenvalue weighted by atomic mass is 16.4. The lowest BCUT2D eigenvalue weighted by molar-refractivity contribution is 0.583. The maximum atomic E-state index is 5.59. The summed E-state index contributed by atoms with van der Waals surface area (Å²) in [5.74, 6) is 0.841. The van der Waals surface area contributed by atoms with Gasteiger partial charge in [-0.05, 0) is 19.1 Å². The summed E-state index contributed by atoms with van der Waals surface area (Å²) in [6.45, 7) is 1.87. The molecule has 0 aromatic carbocycles. The highest BCUT2D eigenvalue weighted by molar-refractivity contribution is 5.57. The third-order valence-corrected chi connectivity index (χ3v) is 2.48. The van der Waals surface area contributed by atoms with E-state index in [0.717, 1.165) is 16.8 Å². The van der Waals surface area contributed by atoms with Crippen LogP contribution in [-0.4, -0.2) is 25.1 Å². The predicted molar refractivity (Wildman–Crippen MR) is 63.3 cm³/mol. The highest BCUT2D eigenvalue weighted by Gasteiger charge is 2.12. The highest BCUT2D eigenvalue weighted by Crippen LogP contribution is 2.23. The Bertz CT molecular complexity index is 665. The number of pyridine rings is 1. The van der Waals surface area contributed by atoms with Crippen LogP contribution >= 0.6 is 0 Å².